The summed E-state index contributed by atoms with van der Waals surface area (Å²) in [6, 6.07) is 6.50. The summed E-state index contributed by atoms with van der Waals surface area (Å²) in [5.41, 5.74) is -1.35. The quantitative estimate of drug-likeness (QED) is 0.492. The first-order chi connectivity index (χ1) is 9.00. The largest absolute Gasteiger partial charge is 0.418 e. The van der Waals surface area contributed by atoms with Crippen LogP contribution in [0.4, 0.5) is 11.4 Å². The SMILES string of the molecule is CC(O)CNc1c([N+](=O)[O-])c(=O)oc2ccccc12. The first-order valence-corrected chi connectivity index (χ1v) is 5.63. The van der Waals surface area contributed by atoms with Crippen LogP contribution in [0.1, 0.15) is 6.92 Å². The molecule has 100 valence electrons. The zero-order chi connectivity index (χ0) is 14.0. The van der Waals surface area contributed by atoms with E-state index in [0.29, 0.717) is 5.39 Å². The maximum absolute atomic E-state index is 11.6. The van der Waals surface area contributed by atoms with E-state index >= 15 is 0 Å². The molecule has 2 aromatic rings. The lowest BCUT2D eigenvalue weighted by Crippen LogP contribution is -2.18. The molecular weight excluding hydrogens is 252 g/mol. The zero-order valence-electron chi connectivity index (χ0n) is 10.1. The Morgan fingerprint density at radius 2 is 2.16 bits per heavy atom. The first kappa shape index (κ1) is 13.0. The summed E-state index contributed by atoms with van der Waals surface area (Å²) in [6.45, 7) is 1.63. The molecule has 1 atom stereocenters. The van der Waals surface area contributed by atoms with Crippen LogP contribution in [-0.2, 0) is 0 Å². The van der Waals surface area contributed by atoms with E-state index in [0.717, 1.165) is 0 Å². The number of para-hydroxylation sites is 1. The highest BCUT2D eigenvalue weighted by Gasteiger charge is 2.24. The number of fused-ring (bicyclic) bond motifs is 1. The van der Waals surface area contributed by atoms with Gasteiger partial charge in [0.05, 0.1) is 11.0 Å². The van der Waals surface area contributed by atoms with Gasteiger partial charge < -0.3 is 14.8 Å². The van der Waals surface area contributed by atoms with Crippen molar-refractivity contribution in [3.05, 3.63) is 44.8 Å². The van der Waals surface area contributed by atoms with E-state index in [-0.39, 0.29) is 17.8 Å². The second kappa shape index (κ2) is 5.07. The molecule has 2 N–H and O–H groups in total. The summed E-state index contributed by atoms with van der Waals surface area (Å²) in [7, 11) is 0. The van der Waals surface area contributed by atoms with Crippen molar-refractivity contribution in [1.82, 2.24) is 0 Å². The van der Waals surface area contributed by atoms with Gasteiger partial charge in [0, 0.05) is 11.9 Å². The van der Waals surface area contributed by atoms with Crippen molar-refractivity contribution in [3.63, 3.8) is 0 Å². The molecular formula is C12H12N2O5. The monoisotopic (exact) mass is 264 g/mol. The van der Waals surface area contributed by atoms with Gasteiger partial charge >= 0.3 is 11.3 Å². The van der Waals surface area contributed by atoms with Crippen LogP contribution < -0.4 is 10.9 Å². The molecule has 0 aliphatic heterocycles. The Hall–Kier alpha value is -2.41. The van der Waals surface area contributed by atoms with E-state index in [1.165, 1.54) is 6.92 Å². The summed E-state index contributed by atoms with van der Waals surface area (Å²) in [4.78, 5) is 21.8. The van der Waals surface area contributed by atoms with Crippen LogP contribution in [-0.4, -0.2) is 22.7 Å². The van der Waals surface area contributed by atoms with Crippen LogP contribution in [0, 0.1) is 10.1 Å². The van der Waals surface area contributed by atoms with Crippen molar-refractivity contribution in [2.75, 3.05) is 11.9 Å². The number of nitro groups is 1. The van der Waals surface area contributed by atoms with Crippen molar-refractivity contribution in [3.8, 4) is 0 Å². The van der Waals surface area contributed by atoms with Crippen LogP contribution >= 0.6 is 0 Å². The number of anilines is 1. The minimum atomic E-state index is -1.02. The van der Waals surface area contributed by atoms with Crippen LogP contribution in [0.3, 0.4) is 0 Å². The highest BCUT2D eigenvalue weighted by atomic mass is 16.6. The molecule has 0 saturated carbocycles. The van der Waals surface area contributed by atoms with Gasteiger partial charge in [-0.15, -0.1) is 0 Å². The Morgan fingerprint density at radius 1 is 1.47 bits per heavy atom. The van der Waals surface area contributed by atoms with Crippen molar-refractivity contribution < 1.29 is 14.4 Å². The third-order valence-electron chi connectivity index (χ3n) is 2.55. The molecule has 1 aromatic carbocycles. The normalized spacial score (nSPS) is 12.3. The second-order valence-corrected chi connectivity index (χ2v) is 4.10. The van der Waals surface area contributed by atoms with Gasteiger partial charge in [-0.1, -0.05) is 12.1 Å². The molecule has 19 heavy (non-hydrogen) atoms. The Labute approximate surface area is 107 Å². The Morgan fingerprint density at radius 3 is 2.79 bits per heavy atom. The summed E-state index contributed by atoms with van der Waals surface area (Å²) in [5.74, 6) is 0. The van der Waals surface area contributed by atoms with Crippen molar-refractivity contribution in [2.24, 2.45) is 0 Å². The predicted octanol–water partition coefficient (Wildman–Crippen LogP) is 1.49. The summed E-state index contributed by atoms with van der Waals surface area (Å²) in [6.07, 6.45) is -0.703. The first-order valence-electron chi connectivity index (χ1n) is 5.63. The van der Waals surface area contributed by atoms with Gasteiger partial charge in [0.2, 0.25) is 0 Å². The molecule has 0 aliphatic rings. The third kappa shape index (κ3) is 2.55. The fourth-order valence-corrected chi connectivity index (χ4v) is 1.73. The van der Waals surface area contributed by atoms with Gasteiger partial charge in [-0.3, -0.25) is 10.1 Å². The van der Waals surface area contributed by atoms with E-state index in [1.807, 2.05) is 0 Å². The van der Waals surface area contributed by atoms with Crippen molar-refractivity contribution >= 4 is 22.3 Å². The summed E-state index contributed by atoms with van der Waals surface area (Å²) in [5, 5.41) is 23.4. The fraction of sp³-hybridized carbons (Fsp3) is 0.250. The zero-order valence-corrected chi connectivity index (χ0v) is 10.1. The van der Waals surface area contributed by atoms with E-state index in [4.69, 9.17) is 4.42 Å². The number of aliphatic hydroxyl groups is 1. The van der Waals surface area contributed by atoms with Gasteiger partial charge in [0.1, 0.15) is 11.3 Å². The number of hydrogen-bond donors (Lipinski definition) is 2. The Kier molecular flexibility index (Phi) is 3.48. The molecule has 0 amide bonds. The van der Waals surface area contributed by atoms with Crippen LogP contribution in [0.25, 0.3) is 11.0 Å². The smallest absolute Gasteiger partial charge is 0.417 e. The number of hydrogen-bond acceptors (Lipinski definition) is 6. The van der Waals surface area contributed by atoms with Gasteiger partial charge in [0.25, 0.3) is 0 Å². The number of nitrogens with zero attached hydrogens (tertiary/aromatic N) is 1. The van der Waals surface area contributed by atoms with Gasteiger partial charge in [-0.2, -0.15) is 0 Å². The number of benzene rings is 1. The van der Waals surface area contributed by atoms with E-state index in [2.05, 4.69) is 5.32 Å². The topological polar surface area (TPSA) is 106 Å². The molecule has 0 aliphatic carbocycles. The van der Waals surface area contributed by atoms with E-state index in [9.17, 15) is 20.0 Å². The molecule has 0 fully saturated rings. The lowest BCUT2D eigenvalue weighted by atomic mass is 10.2. The lowest BCUT2D eigenvalue weighted by Gasteiger charge is -2.10. The Balaban J connectivity index is 2.69. The molecule has 1 unspecified atom stereocenters. The molecule has 0 radical (unpaired) electrons. The van der Waals surface area contributed by atoms with Crippen LogP contribution in [0.5, 0.6) is 0 Å². The minimum Gasteiger partial charge on any atom is -0.418 e. The standard InChI is InChI=1S/C12H12N2O5/c1-7(15)6-13-10-8-4-2-3-5-9(8)19-12(16)11(10)14(17)18/h2-5,7,13,15H,6H2,1H3. The molecule has 1 heterocycles. The third-order valence-corrected chi connectivity index (χ3v) is 2.55. The van der Waals surface area contributed by atoms with Crippen LogP contribution in [0.15, 0.2) is 33.5 Å². The van der Waals surface area contributed by atoms with Gasteiger partial charge in [-0.25, -0.2) is 4.79 Å². The van der Waals surface area contributed by atoms with Crippen LogP contribution in [0.2, 0.25) is 0 Å². The van der Waals surface area contributed by atoms with E-state index in [1.54, 1.807) is 24.3 Å². The summed E-state index contributed by atoms with van der Waals surface area (Å²) >= 11 is 0. The van der Waals surface area contributed by atoms with Crippen molar-refractivity contribution in [1.29, 1.82) is 0 Å². The molecule has 0 saturated heterocycles. The van der Waals surface area contributed by atoms with E-state index < -0.39 is 22.3 Å². The fourth-order valence-electron chi connectivity index (χ4n) is 1.73. The maximum atomic E-state index is 11.6. The molecule has 0 bridgehead atoms. The van der Waals surface area contributed by atoms with Crippen molar-refractivity contribution in [2.45, 2.75) is 13.0 Å². The highest BCUT2D eigenvalue weighted by molar-refractivity contribution is 5.94. The minimum absolute atomic E-state index is 0.0674. The number of nitrogens with one attached hydrogen (secondary N) is 1. The summed E-state index contributed by atoms with van der Waals surface area (Å²) < 4.78 is 4.90. The molecule has 1 aromatic heterocycles. The molecule has 7 nitrogen and oxygen atoms in total. The maximum Gasteiger partial charge on any atom is 0.417 e. The highest BCUT2D eigenvalue weighted by Crippen LogP contribution is 2.29. The van der Waals surface area contributed by atoms with Gasteiger partial charge in [-0.05, 0) is 19.1 Å². The Bertz CT molecular complexity index is 677. The average Bonchev–Trinajstić information content (AvgIpc) is 2.34. The predicted molar refractivity (Wildman–Crippen MR) is 69.3 cm³/mol. The second-order valence-electron chi connectivity index (χ2n) is 4.10. The van der Waals surface area contributed by atoms with Gasteiger partial charge in [0.15, 0.2) is 0 Å². The molecule has 2 rings (SSSR count). The molecule has 0 spiro atoms. The average molecular weight is 264 g/mol. The molecule has 7 heteroatoms. The number of rotatable bonds is 4. The lowest BCUT2D eigenvalue weighted by molar-refractivity contribution is -0.386. The number of aliphatic hydroxyl groups excluding tert-OH is 1.